The molecule has 0 aliphatic rings. The third-order valence-corrected chi connectivity index (χ3v) is 3.26. The van der Waals surface area contributed by atoms with E-state index in [1.807, 2.05) is 6.92 Å². The van der Waals surface area contributed by atoms with Crippen LogP contribution in [-0.2, 0) is 0 Å². The molecule has 2 aromatic rings. The number of nitro benzene ring substituents is 1. The van der Waals surface area contributed by atoms with Crippen molar-refractivity contribution in [1.29, 1.82) is 0 Å². The van der Waals surface area contributed by atoms with Crippen LogP contribution < -0.4 is 10.1 Å². The molecule has 0 atom stereocenters. The summed E-state index contributed by atoms with van der Waals surface area (Å²) in [6.45, 7) is 4.11. The van der Waals surface area contributed by atoms with Gasteiger partial charge >= 0.3 is 0 Å². The summed E-state index contributed by atoms with van der Waals surface area (Å²) in [6.07, 6.45) is 0.839. The molecule has 0 bridgehead atoms. The van der Waals surface area contributed by atoms with Crippen LogP contribution in [0.2, 0.25) is 0 Å². The zero-order valence-electron chi connectivity index (χ0n) is 13.0. The Morgan fingerprint density at radius 1 is 1.22 bits per heavy atom. The lowest BCUT2D eigenvalue weighted by Gasteiger charge is -2.12. The maximum absolute atomic E-state index is 12.4. The number of benzene rings is 2. The topological polar surface area (TPSA) is 81.5 Å². The molecule has 23 heavy (non-hydrogen) atoms. The number of carbonyl (C=O) groups excluding carboxylic acids is 1. The van der Waals surface area contributed by atoms with Crippen molar-refractivity contribution in [2.45, 2.75) is 20.3 Å². The number of aryl methyl sites for hydroxylation is 1. The number of amides is 1. The van der Waals surface area contributed by atoms with Crippen LogP contribution in [0.1, 0.15) is 29.3 Å². The summed E-state index contributed by atoms with van der Waals surface area (Å²) in [6, 6.07) is 11.7. The van der Waals surface area contributed by atoms with Gasteiger partial charge in [-0.2, -0.15) is 0 Å². The number of para-hydroxylation sites is 3. The Morgan fingerprint density at radius 3 is 2.65 bits per heavy atom. The van der Waals surface area contributed by atoms with E-state index in [-0.39, 0.29) is 11.3 Å². The number of carbonyl (C=O) groups is 1. The van der Waals surface area contributed by atoms with Crippen molar-refractivity contribution < 1.29 is 14.5 Å². The number of hydrogen-bond acceptors (Lipinski definition) is 4. The number of anilines is 1. The van der Waals surface area contributed by atoms with Gasteiger partial charge in [0.05, 0.1) is 17.2 Å². The van der Waals surface area contributed by atoms with Crippen molar-refractivity contribution in [2.75, 3.05) is 11.9 Å². The van der Waals surface area contributed by atoms with Gasteiger partial charge in [-0.1, -0.05) is 31.2 Å². The molecule has 0 fully saturated rings. The summed E-state index contributed by atoms with van der Waals surface area (Å²) in [7, 11) is 0. The summed E-state index contributed by atoms with van der Waals surface area (Å²) in [4.78, 5) is 23.1. The van der Waals surface area contributed by atoms with Crippen LogP contribution >= 0.6 is 0 Å². The average Bonchev–Trinajstić information content (AvgIpc) is 2.53. The predicted octanol–water partition coefficient (Wildman–Crippen LogP) is 3.94. The highest BCUT2D eigenvalue weighted by atomic mass is 16.6. The summed E-state index contributed by atoms with van der Waals surface area (Å²) in [5.41, 5.74) is 0.775. The van der Waals surface area contributed by atoms with E-state index >= 15 is 0 Å². The molecule has 0 aliphatic carbocycles. The van der Waals surface area contributed by atoms with Crippen molar-refractivity contribution in [1.82, 2.24) is 0 Å². The van der Waals surface area contributed by atoms with Gasteiger partial charge in [0.15, 0.2) is 0 Å². The van der Waals surface area contributed by atoms with Gasteiger partial charge in [0.1, 0.15) is 11.3 Å². The summed E-state index contributed by atoms with van der Waals surface area (Å²) in [5, 5.41) is 13.9. The van der Waals surface area contributed by atoms with E-state index in [2.05, 4.69) is 5.32 Å². The standard InChI is InChI=1S/C17H18N2O4/c1-3-11-23-15-10-5-4-9-14(15)18-17(20)13-8-6-7-12(2)16(13)19(21)22/h4-10H,3,11H2,1-2H3,(H,18,20). The van der Waals surface area contributed by atoms with E-state index in [0.717, 1.165) is 6.42 Å². The molecule has 6 nitrogen and oxygen atoms in total. The lowest BCUT2D eigenvalue weighted by Crippen LogP contribution is -2.15. The third kappa shape index (κ3) is 3.85. The van der Waals surface area contributed by atoms with Gasteiger partial charge in [0.25, 0.3) is 11.6 Å². The van der Waals surface area contributed by atoms with Crippen molar-refractivity contribution in [2.24, 2.45) is 0 Å². The second-order valence-corrected chi connectivity index (χ2v) is 5.03. The highest BCUT2D eigenvalue weighted by molar-refractivity contribution is 6.08. The average molecular weight is 314 g/mol. The summed E-state index contributed by atoms with van der Waals surface area (Å²) in [5.74, 6) is 0.00551. The van der Waals surface area contributed by atoms with Crippen molar-refractivity contribution in [3.8, 4) is 5.75 Å². The van der Waals surface area contributed by atoms with Crippen molar-refractivity contribution >= 4 is 17.3 Å². The maximum atomic E-state index is 12.4. The lowest BCUT2D eigenvalue weighted by atomic mass is 10.1. The van der Waals surface area contributed by atoms with E-state index < -0.39 is 10.8 Å². The number of hydrogen-bond donors (Lipinski definition) is 1. The Labute approximate surface area is 134 Å². The molecule has 0 saturated heterocycles. The number of nitrogens with zero attached hydrogens (tertiary/aromatic N) is 1. The van der Waals surface area contributed by atoms with E-state index in [4.69, 9.17) is 4.74 Å². The maximum Gasteiger partial charge on any atom is 0.285 e. The SMILES string of the molecule is CCCOc1ccccc1NC(=O)c1cccc(C)c1[N+](=O)[O-]. The van der Waals surface area contributed by atoms with Crippen LogP contribution in [0.15, 0.2) is 42.5 Å². The Hall–Kier alpha value is -2.89. The molecule has 0 aromatic heterocycles. The van der Waals surface area contributed by atoms with Gasteiger partial charge in [-0.3, -0.25) is 14.9 Å². The first-order chi connectivity index (χ1) is 11.0. The molecular weight excluding hydrogens is 296 g/mol. The van der Waals surface area contributed by atoms with Crippen LogP contribution in [0.5, 0.6) is 5.75 Å². The fraction of sp³-hybridized carbons (Fsp3) is 0.235. The molecule has 120 valence electrons. The monoisotopic (exact) mass is 314 g/mol. The minimum atomic E-state index is -0.538. The van der Waals surface area contributed by atoms with Gasteiger partial charge < -0.3 is 10.1 Å². The Kier molecular flexibility index (Phi) is 5.30. The molecule has 1 N–H and O–H groups in total. The molecule has 0 unspecified atom stereocenters. The second kappa shape index (κ2) is 7.40. The van der Waals surface area contributed by atoms with Gasteiger partial charge in [-0.25, -0.2) is 0 Å². The van der Waals surface area contributed by atoms with Crippen LogP contribution in [0, 0.1) is 17.0 Å². The zero-order chi connectivity index (χ0) is 16.8. The third-order valence-electron chi connectivity index (χ3n) is 3.26. The highest BCUT2D eigenvalue weighted by Crippen LogP contribution is 2.27. The van der Waals surface area contributed by atoms with E-state index in [1.54, 1.807) is 43.3 Å². The predicted molar refractivity (Wildman–Crippen MR) is 88.0 cm³/mol. The minimum Gasteiger partial charge on any atom is -0.491 e. The smallest absolute Gasteiger partial charge is 0.285 e. The first-order valence-electron chi connectivity index (χ1n) is 7.31. The van der Waals surface area contributed by atoms with Gasteiger partial charge in [0.2, 0.25) is 0 Å². The van der Waals surface area contributed by atoms with Crippen molar-refractivity contribution in [3.05, 3.63) is 63.7 Å². The zero-order valence-corrected chi connectivity index (χ0v) is 13.0. The Bertz CT molecular complexity index is 728. The van der Waals surface area contributed by atoms with E-state index in [0.29, 0.717) is 23.6 Å². The normalized spacial score (nSPS) is 10.2. The van der Waals surface area contributed by atoms with Gasteiger partial charge in [-0.15, -0.1) is 0 Å². The Balaban J connectivity index is 2.30. The van der Waals surface area contributed by atoms with E-state index in [1.165, 1.54) is 6.07 Å². The molecular formula is C17H18N2O4. The minimum absolute atomic E-state index is 0.0281. The van der Waals surface area contributed by atoms with E-state index in [9.17, 15) is 14.9 Å². The Morgan fingerprint density at radius 2 is 1.96 bits per heavy atom. The largest absolute Gasteiger partial charge is 0.491 e. The van der Waals surface area contributed by atoms with Gasteiger partial charge in [-0.05, 0) is 31.5 Å². The second-order valence-electron chi connectivity index (χ2n) is 5.03. The quantitative estimate of drug-likeness (QED) is 0.646. The van der Waals surface area contributed by atoms with Crippen LogP contribution in [0.25, 0.3) is 0 Å². The summed E-state index contributed by atoms with van der Waals surface area (Å²) < 4.78 is 5.58. The fourth-order valence-corrected chi connectivity index (χ4v) is 2.18. The number of ether oxygens (including phenoxy) is 1. The molecule has 2 rings (SSSR count). The molecule has 6 heteroatoms. The highest BCUT2D eigenvalue weighted by Gasteiger charge is 2.23. The lowest BCUT2D eigenvalue weighted by molar-refractivity contribution is -0.385. The summed E-state index contributed by atoms with van der Waals surface area (Å²) >= 11 is 0. The van der Waals surface area contributed by atoms with Gasteiger partial charge in [0, 0.05) is 5.56 Å². The van der Waals surface area contributed by atoms with Crippen LogP contribution in [0.4, 0.5) is 11.4 Å². The number of rotatable bonds is 6. The number of nitrogens with one attached hydrogen (secondary N) is 1. The molecule has 0 saturated carbocycles. The molecule has 0 radical (unpaired) electrons. The first kappa shape index (κ1) is 16.5. The molecule has 0 aliphatic heterocycles. The number of nitro groups is 1. The fourth-order valence-electron chi connectivity index (χ4n) is 2.18. The molecule has 0 heterocycles. The van der Waals surface area contributed by atoms with Crippen LogP contribution in [0.3, 0.4) is 0 Å². The molecule has 1 amide bonds. The van der Waals surface area contributed by atoms with Crippen molar-refractivity contribution in [3.63, 3.8) is 0 Å². The molecule has 2 aromatic carbocycles. The van der Waals surface area contributed by atoms with Crippen LogP contribution in [-0.4, -0.2) is 17.4 Å². The molecule has 0 spiro atoms. The first-order valence-corrected chi connectivity index (χ1v) is 7.31.